The summed E-state index contributed by atoms with van der Waals surface area (Å²) in [6.07, 6.45) is 4.46. The van der Waals surface area contributed by atoms with E-state index in [0.29, 0.717) is 25.1 Å². The normalized spacial score (nSPS) is 19.6. The molecule has 1 amide bonds. The molecule has 0 aromatic heterocycles. The van der Waals surface area contributed by atoms with Gasteiger partial charge in [-0.3, -0.25) is 4.90 Å². The average Bonchev–Trinajstić information content (AvgIpc) is 3.03. The van der Waals surface area contributed by atoms with E-state index in [-0.39, 0.29) is 6.09 Å². The topological polar surface area (TPSA) is 32.8 Å². The van der Waals surface area contributed by atoms with Crippen LogP contribution in [0.4, 0.5) is 4.79 Å². The van der Waals surface area contributed by atoms with Gasteiger partial charge in [0.2, 0.25) is 0 Å². The average molecular weight is 316 g/mol. The largest absolute Gasteiger partial charge is 0.449 e. The van der Waals surface area contributed by atoms with Crippen molar-refractivity contribution in [1.82, 2.24) is 9.80 Å². The summed E-state index contributed by atoms with van der Waals surface area (Å²) >= 11 is 0. The van der Waals surface area contributed by atoms with Gasteiger partial charge in [-0.2, -0.15) is 0 Å². The maximum Gasteiger partial charge on any atom is 0.409 e. The van der Waals surface area contributed by atoms with Crippen molar-refractivity contribution < 1.29 is 9.53 Å². The van der Waals surface area contributed by atoms with E-state index in [1.54, 1.807) is 11.9 Å². The van der Waals surface area contributed by atoms with Gasteiger partial charge in [0.1, 0.15) is 0 Å². The van der Waals surface area contributed by atoms with Crippen LogP contribution in [-0.2, 0) is 17.6 Å². The number of hydrogen-bond acceptors (Lipinski definition) is 3. The van der Waals surface area contributed by atoms with E-state index in [9.17, 15) is 4.79 Å². The van der Waals surface area contributed by atoms with Crippen LogP contribution in [0.3, 0.4) is 0 Å². The molecule has 0 spiro atoms. The molecule has 1 fully saturated rings. The molecule has 4 nitrogen and oxygen atoms in total. The lowest BCUT2D eigenvalue weighted by Crippen LogP contribution is -2.43. The number of benzene rings is 1. The predicted molar refractivity (Wildman–Crippen MR) is 91.6 cm³/mol. The van der Waals surface area contributed by atoms with Gasteiger partial charge in [-0.15, -0.1) is 0 Å². The summed E-state index contributed by atoms with van der Waals surface area (Å²) in [5, 5.41) is 0. The molecule has 0 N–H and O–H groups in total. The van der Waals surface area contributed by atoms with Crippen molar-refractivity contribution in [1.29, 1.82) is 0 Å². The minimum Gasteiger partial charge on any atom is -0.449 e. The van der Waals surface area contributed by atoms with Crippen LogP contribution in [-0.4, -0.2) is 55.2 Å². The molecule has 0 unspecified atom stereocenters. The van der Waals surface area contributed by atoms with Crippen molar-refractivity contribution >= 4 is 6.09 Å². The zero-order valence-electron chi connectivity index (χ0n) is 14.3. The molecular weight excluding hydrogens is 288 g/mol. The molecule has 1 heterocycles. The number of carbonyl (C=O) groups is 1. The molecular formula is C19H28N2O2. The molecule has 3 rings (SSSR count). The quantitative estimate of drug-likeness (QED) is 0.856. The van der Waals surface area contributed by atoms with Crippen LogP contribution in [0, 0.1) is 5.92 Å². The summed E-state index contributed by atoms with van der Waals surface area (Å²) in [6.45, 7) is 5.48. The Hall–Kier alpha value is -1.55. The van der Waals surface area contributed by atoms with Crippen LogP contribution < -0.4 is 0 Å². The van der Waals surface area contributed by atoms with E-state index < -0.39 is 0 Å². The summed E-state index contributed by atoms with van der Waals surface area (Å²) in [5.74, 6) is 0.518. The summed E-state index contributed by atoms with van der Waals surface area (Å²) in [7, 11) is 1.78. The molecule has 0 atom stereocenters. The van der Waals surface area contributed by atoms with E-state index in [4.69, 9.17) is 4.74 Å². The molecule has 0 radical (unpaired) electrons. The van der Waals surface area contributed by atoms with Crippen molar-refractivity contribution in [3.63, 3.8) is 0 Å². The van der Waals surface area contributed by atoms with Gasteiger partial charge in [0.05, 0.1) is 6.61 Å². The standard InChI is InChI=1S/C19H28N2O2/c1-3-20(2)19(22)23-14-15-8-10-21(11-9-15)18-12-16-6-4-5-7-17(16)13-18/h4-7,15,18H,3,8-14H2,1-2H3. The van der Waals surface area contributed by atoms with Crippen molar-refractivity contribution in [3.05, 3.63) is 35.4 Å². The highest BCUT2D eigenvalue weighted by Crippen LogP contribution is 2.28. The number of amides is 1. The van der Waals surface area contributed by atoms with Crippen molar-refractivity contribution in [2.75, 3.05) is 33.3 Å². The zero-order valence-corrected chi connectivity index (χ0v) is 14.3. The van der Waals surface area contributed by atoms with Crippen molar-refractivity contribution in [3.8, 4) is 0 Å². The first-order valence-electron chi connectivity index (χ1n) is 8.86. The highest BCUT2D eigenvalue weighted by Gasteiger charge is 2.30. The van der Waals surface area contributed by atoms with Crippen LogP contribution in [0.15, 0.2) is 24.3 Å². The lowest BCUT2D eigenvalue weighted by Gasteiger charge is -2.35. The van der Waals surface area contributed by atoms with E-state index in [1.165, 1.54) is 24.0 Å². The van der Waals surface area contributed by atoms with Crippen LogP contribution >= 0.6 is 0 Å². The minimum atomic E-state index is -0.193. The molecule has 1 aliphatic carbocycles. The zero-order chi connectivity index (χ0) is 16.2. The van der Waals surface area contributed by atoms with Gasteiger partial charge in [-0.05, 0) is 62.7 Å². The molecule has 23 heavy (non-hydrogen) atoms. The summed E-state index contributed by atoms with van der Waals surface area (Å²) in [5.41, 5.74) is 3.05. The van der Waals surface area contributed by atoms with E-state index >= 15 is 0 Å². The number of hydrogen-bond donors (Lipinski definition) is 0. The highest BCUT2D eigenvalue weighted by atomic mass is 16.6. The van der Waals surface area contributed by atoms with Gasteiger partial charge in [-0.1, -0.05) is 24.3 Å². The van der Waals surface area contributed by atoms with Gasteiger partial charge < -0.3 is 9.64 Å². The third-order valence-electron chi connectivity index (χ3n) is 5.42. The SMILES string of the molecule is CCN(C)C(=O)OCC1CCN(C2Cc3ccccc3C2)CC1. The van der Waals surface area contributed by atoms with Crippen LogP contribution in [0.5, 0.6) is 0 Å². The lowest BCUT2D eigenvalue weighted by molar-refractivity contribution is 0.0669. The Balaban J connectivity index is 1.42. The second-order valence-corrected chi connectivity index (χ2v) is 6.90. The fourth-order valence-corrected chi connectivity index (χ4v) is 3.71. The number of carbonyl (C=O) groups excluding carboxylic acids is 1. The molecule has 126 valence electrons. The third-order valence-corrected chi connectivity index (χ3v) is 5.42. The Morgan fingerprint density at radius 1 is 1.22 bits per heavy atom. The third kappa shape index (κ3) is 3.86. The molecule has 4 heteroatoms. The summed E-state index contributed by atoms with van der Waals surface area (Å²) in [4.78, 5) is 16.0. The second kappa shape index (κ2) is 7.35. The smallest absolute Gasteiger partial charge is 0.409 e. The summed E-state index contributed by atoms with van der Waals surface area (Å²) < 4.78 is 5.41. The van der Waals surface area contributed by atoms with Crippen LogP contribution in [0.25, 0.3) is 0 Å². The van der Waals surface area contributed by atoms with Gasteiger partial charge in [0, 0.05) is 19.6 Å². The van der Waals surface area contributed by atoms with Crippen LogP contribution in [0.1, 0.15) is 30.9 Å². The molecule has 1 aromatic rings. The molecule has 1 aliphatic heterocycles. The lowest BCUT2D eigenvalue weighted by atomic mass is 9.96. The molecule has 0 saturated carbocycles. The fraction of sp³-hybridized carbons (Fsp3) is 0.632. The van der Waals surface area contributed by atoms with E-state index in [1.807, 2.05) is 6.92 Å². The Morgan fingerprint density at radius 3 is 2.39 bits per heavy atom. The van der Waals surface area contributed by atoms with Crippen molar-refractivity contribution in [2.24, 2.45) is 5.92 Å². The summed E-state index contributed by atoms with van der Waals surface area (Å²) in [6, 6.07) is 9.50. The maximum absolute atomic E-state index is 11.7. The second-order valence-electron chi connectivity index (χ2n) is 6.90. The molecule has 1 saturated heterocycles. The number of piperidine rings is 1. The number of ether oxygens (including phenoxy) is 1. The van der Waals surface area contributed by atoms with Gasteiger partial charge in [0.15, 0.2) is 0 Å². The Morgan fingerprint density at radius 2 is 1.83 bits per heavy atom. The Labute approximate surface area is 139 Å². The predicted octanol–water partition coefficient (Wildman–Crippen LogP) is 2.95. The number of rotatable bonds is 4. The van der Waals surface area contributed by atoms with Gasteiger partial charge in [-0.25, -0.2) is 4.79 Å². The first kappa shape index (κ1) is 16.3. The first-order valence-corrected chi connectivity index (χ1v) is 8.86. The number of fused-ring (bicyclic) bond motifs is 1. The monoisotopic (exact) mass is 316 g/mol. The highest BCUT2D eigenvalue weighted by molar-refractivity contribution is 5.67. The minimum absolute atomic E-state index is 0.193. The van der Waals surface area contributed by atoms with Crippen LogP contribution in [0.2, 0.25) is 0 Å². The Bertz CT molecular complexity index is 513. The molecule has 2 aliphatic rings. The maximum atomic E-state index is 11.7. The first-order chi connectivity index (χ1) is 11.2. The molecule has 1 aromatic carbocycles. The van der Waals surface area contributed by atoms with Gasteiger partial charge in [0.25, 0.3) is 0 Å². The van der Waals surface area contributed by atoms with Crippen molar-refractivity contribution in [2.45, 2.75) is 38.6 Å². The Kier molecular flexibility index (Phi) is 5.21. The fourth-order valence-electron chi connectivity index (χ4n) is 3.71. The molecule has 0 bridgehead atoms. The number of nitrogens with zero attached hydrogens (tertiary/aromatic N) is 2. The van der Waals surface area contributed by atoms with E-state index in [0.717, 1.165) is 25.9 Å². The number of likely N-dealkylation sites (tertiary alicyclic amines) is 1. The van der Waals surface area contributed by atoms with Gasteiger partial charge >= 0.3 is 6.09 Å². The van der Waals surface area contributed by atoms with E-state index in [2.05, 4.69) is 29.2 Å².